The molecule has 204 valence electrons. The van der Waals surface area contributed by atoms with E-state index in [0.717, 1.165) is 0 Å². The van der Waals surface area contributed by atoms with Crippen molar-refractivity contribution in [2.45, 2.75) is 42.5 Å². The van der Waals surface area contributed by atoms with E-state index in [1.54, 1.807) is 0 Å². The zero-order valence-corrected chi connectivity index (χ0v) is 16.2. The van der Waals surface area contributed by atoms with Gasteiger partial charge in [0.15, 0.2) is 11.5 Å². The van der Waals surface area contributed by atoms with E-state index in [-0.39, 0.29) is 12.1 Å². The van der Waals surface area contributed by atoms with Crippen molar-refractivity contribution in [2.75, 3.05) is 0 Å². The van der Waals surface area contributed by atoms with Crippen LogP contribution in [0.4, 0.5) is 61.5 Å². The Labute approximate surface area is 187 Å². The van der Waals surface area contributed by atoms with Gasteiger partial charge in [-0.1, -0.05) is 6.07 Å². The van der Waals surface area contributed by atoms with E-state index in [9.17, 15) is 75.8 Å². The normalized spacial score (nSPS) is 13.8. The predicted octanol–water partition coefficient (Wildman–Crippen LogP) is 4.79. The lowest BCUT2D eigenvalue weighted by molar-refractivity contribution is -0.347. The Morgan fingerprint density at radius 3 is 1.33 bits per heavy atom. The third-order valence-electron chi connectivity index (χ3n) is 3.78. The molecule has 0 aromatic heterocycles. The van der Waals surface area contributed by atoms with E-state index in [2.05, 4.69) is 9.47 Å². The van der Waals surface area contributed by atoms with Crippen LogP contribution in [-0.4, -0.2) is 59.1 Å². The van der Waals surface area contributed by atoms with E-state index in [1.807, 2.05) is 0 Å². The minimum absolute atomic E-state index is 0.0133. The quantitative estimate of drug-likeness (QED) is 0.280. The third kappa shape index (κ3) is 5.55. The van der Waals surface area contributed by atoms with Crippen LogP contribution in [0.3, 0.4) is 0 Å². The summed E-state index contributed by atoms with van der Waals surface area (Å²) in [6.07, 6.45) is -15.3. The number of aliphatic carboxylic acids is 1. The molecule has 0 aliphatic carbocycles. The highest BCUT2D eigenvalue weighted by Gasteiger charge is 2.78. The molecule has 1 aromatic carbocycles. The van der Waals surface area contributed by atoms with Crippen LogP contribution in [0.25, 0.3) is 0 Å². The van der Waals surface area contributed by atoms with E-state index in [4.69, 9.17) is 5.11 Å². The number of esters is 2. The molecule has 0 unspecified atom stereocenters. The molecule has 0 spiro atoms. The summed E-state index contributed by atoms with van der Waals surface area (Å²) in [7, 11) is 0. The van der Waals surface area contributed by atoms with Crippen molar-refractivity contribution in [1.29, 1.82) is 0 Å². The summed E-state index contributed by atoms with van der Waals surface area (Å²) < 4.78 is 186. The number of carboxylic acids is 1. The first kappa shape index (κ1) is 30.7. The van der Waals surface area contributed by atoms with Crippen LogP contribution in [0.15, 0.2) is 18.2 Å². The molecule has 0 bridgehead atoms. The molecule has 0 radical (unpaired) electrons. The van der Waals surface area contributed by atoms with Gasteiger partial charge in [0.25, 0.3) is 0 Å². The topological polar surface area (TPSA) is 89.9 Å². The second-order valence-corrected chi connectivity index (χ2v) is 6.42. The number of benzene rings is 1. The molecular formula is C16H6F14O6. The smallest absolute Gasteiger partial charge is 0.460 e. The summed E-state index contributed by atoms with van der Waals surface area (Å²) in [4.78, 5) is 33.3. The molecule has 0 fully saturated rings. The van der Waals surface area contributed by atoms with Crippen LogP contribution in [0.2, 0.25) is 0 Å². The number of alkyl halides is 14. The SMILES string of the molecule is O=C(O)Cc1ccc(OC(=O)C(F)(F)C(F)(F)C(F)(F)F)c(OC(=O)C(F)(F)C(F)(F)C(F)(F)F)c1. The van der Waals surface area contributed by atoms with Gasteiger partial charge in [0.2, 0.25) is 0 Å². The van der Waals surface area contributed by atoms with Gasteiger partial charge in [0.1, 0.15) is 0 Å². The predicted molar refractivity (Wildman–Crippen MR) is 80.9 cm³/mol. The molecule has 0 aliphatic heterocycles. The van der Waals surface area contributed by atoms with Gasteiger partial charge >= 0.3 is 54.0 Å². The van der Waals surface area contributed by atoms with Crippen molar-refractivity contribution in [3.8, 4) is 11.5 Å². The van der Waals surface area contributed by atoms with Crippen molar-refractivity contribution >= 4 is 17.9 Å². The lowest BCUT2D eigenvalue weighted by atomic mass is 10.1. The maximum Gasteiger partial charge on any atom is 0.460 e. The van der Waals surface area contributed by atoms with Crippen LogP contribution in [0, 0.1) is 0 Å². The Bertz CT molecular complexity index is 1030. The minimum atomic E-state index is -7.13. The molecule has 0 amide bonds. The molecule has 0 atom stereocenters. The number of carboxylic acid groups (broad SMARTS) is 1. The zero-order chi connectivity index (χ0) is 28.7. The van der Waals surface area contributed by atoms with Crippen molar-refractivity contribution < 1.29 is 90.4 Å². The van der Waals surface area contributed by atoms with Gasteiger partial charge in [-0.05, 0) is 17.7 Å². The van der Waals surface area contributed by atoms with Gasteiger partial charge < -0.3 is 14.6 Å². The number of hydrogen-bond donors (Lipinski definition) is 1. The molecule has 6 nitrogen and oxygen atoms in total. The van der Waals surface area contributed by atoms with Crippen molar-refractivity contribution in [3.63, 3.8) is 0 Å². The van der Waals surface area contributed by atoms with E-state index in [0.29, 0.717) is 6.07 Å². The molecule has 0 saturated carbocycles. The monoisotopic (exact) mass is 560 g/mol. The molecule has 1 aromatic rings. The molecule has 0 heterocycles. The van der Waals surface area contributed by atoms with Gasteiger partial charge in [-0.2, -0.15) is 61.5 Å². The van der Waals surface area contributed by atoms with E-state index in [1.165, 1.54) is 0 Å². The van der Waals surface area contributed by atoms with Crippen LogP contribution in [0.1, 0.15) is 5.56 Å². The Kier molecular flexibility index (Phi) is 7.90. The fourth-order valence-electron chi connectivity index (χ4n) is 1.94. The van der Waals surface area contributed by atoms with Crippen LogP contribution >= 0.6 is 0 Å². The minimum Gasteiger partial charge on any atom is -0.481 e. The second-order valence-electron chi connectivity index (χ2n) is 6.42. The van der Waals surface area contributed by atoms with Crippen LogP contribution < -0.4 is 9.47 Å². The van der Waals surface area contributed by atoms with E-state index >= 15 is 0 Å². The Morgan fingerprint density at radius 1 is 0.639 bits per heavy atom. The van der Waals surface area contributed by atoms with Crippen molar-refractivity contribution in [2.24, 2.45) is 0 Å². The summed E-state index contributed by atoms with van der Waals surface area (Å²) in [5.41, 5.74) is -0.733. The zero-order valence-electron chi connectivity index (χ0n) is 16.2. The highest BCUT2D eigenvalue weighted by atomic mass is 19.4. The van der Waals surface area contributed by atoms with Gasteiger partial charge in [0.05, 0.1) is 6.42 Å². The number of ether oxygens (including phenoxy) is 2. The summed E-state index contributed by atoms with van der Waals surface area (Å²) in [6, 6.07) is 0.341. The lowest BCUT2D eigenvalue weighted by Gasteiger charge is -2.27. The Balaban J connectivity index is 3.51. The number of carbonyl (C=O) groups is 3. The number of carbonyl (C=O) groups excluding carboxylic acids is 2. The molecular weight excluding hydrogens is 554 g/mol. The molecule has 36 heavy (non-hydrogen) atoms. The van der Waals surface area contributed by atoms with Gasteiger partial charge in [-0.3, -0.25) is 4.79 Å². The largest absolute Gasteiger partial charge is 0.481 e. The lowest BCUT2D eigenvalue weighted by Crippen LogP contribution is -2.57. The molecule has 1 rings (SSSR count). The molecule has 1 N–H and O–H groups in total. The van der Waals surface area contributed by atoms with Crippen molar-refractivity contribution in [1.82, 2.24) is 0 Å². The first-order valence-electron chi connectivity index (χ1n) is 8.24. The average Bonchev–Trinajstić information content (AvgIpc) is 2.67. The van der Waals surface area contributed by atoms with Crippen LogP contribution in [0.5, 0.6) is 11.5 Å². The number of hydrogen-bond acceptors (Lipinski definition) is 5. The molecule has 0 aliphatic rings. The number of halogens is 14. The summed E-state index contributed by atoms with van der Waals surface area (Å²) in [6.45, 7) is 0. The highest BCUT2D eigenvalue weighted by Crippen LogP contribution is 2.49. The maximum absolute atomic E-state index is 13.5. The average molecular weight is 560 g/mol. The van der Waals surface area contributed by atoms with Gasteiger partial charge in [-0.25, -0.2) is 9.59 Å². The second kappa shape index (κ2) is 9.26. The maximum atomic E-state index is 13.5. The van der Waals surface area contributed by atoms with E-state index < -0.39 is 77.4 Å². The highest BCUT2D eigenvalue weighted by molar-refractivity contribution is 5.84. The Hall–Kier alpha value is -3.35. The number of rotatable bonds is 8. The Morgan fingerprint density at radius 2 is 1.00 bits per heavy atom. The van der Waals surface area contributed by atoms with Gasteiger partial charge in [-0.15, -0.1) is 0 Å². The molecule has 20 heteroatoms. The molecule has 0 saturated heterocycles. The standard InChI is InChI=1S/C16H6F14O6/c17-11(18,13(21,22)15(25,26)27)9(33)35-6-2-1-5(4-8(31)32)3-7(6)36-10(34)12(19,20)14(23,24)16(28,29)30/h1-3H,4H2,(H,31,32). The van der Waals surface area contributed by atoms with Crippen molar-refractivity contribution in [3.05, 3.63) is 23.8 Å². The summed E-state index contributed by atoms with van der Waals surface area (Å²) >= 11 is 0. The third-order valence-corrected chi connectivity index (χ3v) is 3.78. The van der Waals surface area contributed by atoms with Crippen LogP contribution in [-0.2, 0) is 20.8 Å². The summed E-state index contributed by atoms with van der Waals surface area (Å²) in [5, 5.41) is 8.63. The fraction of sp³-hybridized carbons (Fsp3) is 0.438. The fourth-order valence-corrected chi connectivity index (χ4v) is 1.94. The first-order chi connectivity index (χ1) is 15.8. The van der Waals surface area contributed by atoms with Gasteiger partial charge in [0, 0.05) is 0 Å². The summed E-state index contributed by atoms with van der Waals surface area (Å²) in [5.74, 6) is -41.1. The first-order valence-corrected chi connectivity index (χ1v) is 8.24.